The van der Waals surface area contributed by atoms with Gasteiger partial charge in [0.1, 0.15) is 5.75 Å². The summed E-state index contributed by atoms with van der Waals surface area (Å²) >= 11 is 7.20. The molecule has 3 N–H and O–H groups in total. The van der Waals surface area contributed by atoms with E-state index in [9.17, 15) is 5.11 Å². The van der Waals surface area contributed by atoms with E-state index in [1.165, 1.54) is 18.0 Å². The highest BCUT2D eigenvalue weighted by molar-refractivity contribution is 8.13. The van der Waals surface area contributed by atoms with Gasteiger partial charge in [-0.15, -0.1) is 5.10 Å². The van der Waals surface area contributed by atoms with Crippen LogP contribution < -0.4 is 5.73 Å². The molecule has 0 atom stereocenters. The molecule has 0 bridgehead atoms. The first kappa shape index (κ1) is 15.4. The predicted molar refractivity (Wildman–Crippen MR) is 90.1 cm³/mol. The lowest BCUT2D eigenvalue weighted by Gasteiger charge is -2.00. The lowest BCUT2D eigenvalue weighted by Crippen LogP contribution is -2.06. The minimum absolute atomic E-state index is 0.156. The molecule has 2 aromatic rings. The number of para-hydroxylation sites is 1. The first-order chi connectivity index (χ1) is 10.1. The summed E-state index contributed by atoms with van der Waals surface area (Å²) in [6.07, 6.45) is 1.46. The van der Waals surface area contributed by atoms with Crippen molar-refractivity contribution in [2.45, 2.75) is 5.75 Å². The fourth-order valence-electron chi connectivity index (χ4n) is 1.51. The number of rotatable bonds is 4. The highest BCUT2D eigenvalue weighted by Gasteiger charge is 1.98. The molecule has 0 saturated carbocycles. The Morgan fingerprint density at radius 1 is 1.19 bits per heavy atom. The van der Waals surface area contributed by atoms with Crippen molar-refractivity contribution in [3.63, 3.8) is 0 Å². The highest BCUT2D eigenvalue weighted by atomic mass is 35.5. The maximum Gasteiger partial charge on any atom is 0.180 e. The molecule has 6 heteroatoms. The van der Waals surface area contributed by atoms with Crippen LogP contribution in [0, 0.1) is 0 Å². The van der Waals surface area contributed by atoms with Gasteiger partial charge in [0, 0.05) is 16.3 Å². The van der Waals surface area contributed by atoms with Crippen LogP contribution in [0.4, 0.5) is 0 Å². The molecule has 0 amide bonds. The summed E-state index contributed by atoms with van der Waals surface area (Å²) in [6.45, 7) is 0. The number of nitrogens with zero attached hydrogens (tertiary/aromatic N) is 2. The van der Waals surface area contributed by atoms with Gasteiger partial charge in [-0.3, -0.25) is 0 Å². The third-order valence-electron chi connectivity index (χ3n) is 2.59. The number of nitrogens with two attached hydrogens (primary N) is 1. The van der Waals surface area contributed by atoms with Crippen molar-refractivity contribution in [2.75, 3.05) is 0 Å². The van der Waals surface area contributed by atoms with Crippen LogP contribution in [0.1, 0.15) is 11.1 Å². The van der Waals surface area contributed by atoms with Crippen LogP contribution in [-0.4, -0.2) is 16.5 Å². The van der Waals surface area contributed by atoms with Crippen molar-refractivity contribution in [2.24, 2.45) is 15.9 Å². The topological polar surface area (TPSA) is 71.0 Å². The Kier molecular flexibility index (Phi) is 5.66. The quantitative estimate of drug-likeness (QED) is 0.513. The number of amidine groups is 1. The SMILES string of the molecule is N/C(=N\N=Cc1ccccc1O)SCc1ccc(Cl)cc1. The predicted octanol–water partition coefficient (Wildman–Crippen LogP) is 3.63. The van der Waals surface area contributed by atoms with Crippen LogP contribution in [0.25, 0.3) is 0 Å². The van der Waals surface area contributed by atoms with Gasteiger partial charge in [0.2, 0.25) is 0 Å². The molecule has 21 heavy (non-hydrogen) atoms. The molecule has 2 rings (SSSR count). The van der Waals surface area contributed by atoms with Gasteiger partial charge in [-0.25, -0.2) is 0 Å². The first-order valence-electron chi connectivity index (χ1n) is 6.17. The van der Waals surface area contributed by atoms with Gasteiger partial charge in [0.15, 0.2) is 5.17 Å². The zero-order valence-electron chi connectivity index (χ0n) is 11.1. The average Bonchev–Trinajstić information content (AvgIpc) is 2.49. The first-order valence-corrected chi connectivity index (χ1v) is 7.53. The second-order valence-electron chi connectivity index (χ2n) is 4.16. The summed E-state index contributed by atoms with van der Waals surface area (Å²) in [5, 5.41) is 18.4. The molecular weight excluding hydrogens is 306 g/mol. The van der Waals surface area contributed by atoms with Crippen LogP contribution in [0.3, 0.4) is 0 Å². The number of phenolic OH excluding ortho intramolecular Hbond substituents is 1. The Hall–Kier alpha value is -1.98. The van der Waals surface area contributed by atoms with Gasteiger partial charge >= 0.3 is 0 Å². The van der Waals surface area contributed by atoms with Crippen LogP contribution in [0.15, 0.2) is 58.7 Å². The average molecular weight is 320 g/mol. The number of phenols is 1. The molecular formula is C15H14ClN3OS. The fraction of sp³-hybridized carbons (Fsp3) is 0.0667. The normalized spacial score (nSPS) is 12.0. The maximum atomic E-state index is 9.56. The van der Waals surface area contributed by atoms with E-state index < -0.39 is 0 Å². The Labute approximate surface area is 132 Å². The van der Waals surface area contributed by atoms with Gasteiger partial charge in [-0.2, -0.15) is 5.10 Å². The minimum atomic E-state index is 0.156. The smallest absolute Gasteiger partial charge is 0.180 e. The van der Waals surface area contributed by atoms with Crippen molar-refractivity contribution in [3.8, 4) is 5.75 Å². The molecule has 0 aliphatic carbocycles. The van der Waals surface area contributed by atoms with E-state index in [0.29, 0.717) is 21.5 Å². The number of hydrogen-bond donors (Lipinski definition) is 2. The summed E-state index contributed by atoms with van der Waals surface area (Å²) in [6, 6.07) is 14.4. The Morgan fingerprint density at radius 2 is 1.90 bits per heavy atom. The molecule has 0 spiro atoms. The van der Waals surface area contributed by atoms with E-state index in [0.717, 1.165) is 5.56 Å². The molecule has 0 radical (unpaired) electrons. The van der Waals surface area contributed by atoms with Gasteiger partial charge in [-0.05, 0) is 29.8 Å². The molecule has 4 nitrogen and oxygen atoms in total. The lowest BCUT2D eigenvalue weighted by atomic mass is 10.2. The molecule has 0 aromatic heterocycles. The molecule has 0 aliphatic rings. The van der Waals surface area contributed by atoms with Crippen LogP contribution in [0.5, 0.6) is 5.75 Å². The zero-order chi connectivity index (χ0) is 15.1. The fourth-order valence-corrected chi connectivity index (χ4v) is 2.25. The van der Waals surface area contributed by atoms with Gasteiger partial charge in [0.05, 0.1) is 6.21 Å². The summed E-state index contributed by atoms with van der Waals surface area (Å²) < 4.78 is 0. The largest absolute Gasteiger partial charge is 0.507 e. The van der Waals surface area contributed by atoms with E-state index in [-0.39, 0.29) is 5.75 Å². The van der Waals surface area contributed by atoms with E-state index in [1.807, 2.05) is 30.3 Å². The number of benzene rings is 2. The Morgan fingerprint density at radius 3 is 2.62 bits per heavy atom. The van der Waals surface area contributed by atoms with Crippen LogP contribution in [-0.2, 0) is 5.75 Å². The summed E-state index contributed by atoms with van der Waals surface area (Å²) in [5.41, 5.74) is 7.46. The molecule has 2 aromatic carbocycles. The Bertz CT molecular complexity index is 656. The summed E-state index contributed by atoms with van der Waals surface area (Å²) in [5.74, 6) is 0.849. The second kappa shape index (κ2) is 7.71. The van der Waals surface area contributed by atoms with E-state index >= 15 is 0 Å². The zero-order valence-corrected chi connectivity index (χ0v) is 12.7. The molecule has 0 saturated heterocycles. The number of hydrogen-bond acceptors (Lipinski definition) is 4. The molecule has 108 valence electrons. The van der Waals surface area contributed by atoms with Crippen molar-refractivity contribution in [1.29, 1.82) is 0 Å². The standard InChI is InChI=1S/C15H14ClN3OS/c16-13-7-5-11(6-8-13)10-21-15(17)19-18-9-12-3-1-2-4-14(12)20/h1-9,20H,10H2,(H2,17,19). The van der Waals surface area contributed by atoms with E-state index in [2.05, 4.69) is 10.2 Å². The van der Waals surface area contributed by atoms with Crippen molar-refractivity contribution < 1.29 is 5.11 Å². The lowest BCUT2D eigenvalue weighted by molar-refractivity contribution is 0.474. The molecule has 0 fully saturated rings. The van der Waals surface area contributed by atoms with Crippen molar-refractivity contribution in [1.82, 2.24) is 0 Å². The Balaban J connectivity index is 1.89. The van der Waals surface area contributed by atoms with Crippen LogP contribution in [0.2, 0.25) is 5.02 Å². The second-order valence-corrected chi connectivity index (χ2v) is 5.59. The summed E-state index contributed by atoms with van der Waals surface area (Å²) in [4.78, 5) is 0. The minimum Gasteiger partial charge on any atom is -0.507 e. The van der Waals surface area contributed by atoms with Crippen molar-refractivity contribution in [3.05, 3.63) is 64.7 Å². The molecule has 0 heterocycles. The van der Waals surface area contributed by atoms with Gasteiger partial charge < -0.3 is 10.8 Å². The highest BCUT2D eigenvalue weighted by Crippen LogP contribution is 2.16. The maximum absolute atomic E-state index is 9.56. The molecule has 0 unspecified atom stereocenters. The van der Waals surface area contributed by atoms with Crippen molar-refractivity contribution >= 4 is 34.7 Å². The number of halogens is 1. The van der Waals surface area contributed by atoms with Crippen LogP contribution >= 0.6 is 23.4 Å². The van der Waals surface area contributed by atoms with E-state index in [1.54, 1.807) is 18.2 Å². The van der Waals surface area contributed by atoms with Gasteiger partial charge in [0.25, 0.3) is 0 Å². The third-order valence-corrected chi connectivity index (χ3v) is 3.70. The monoisotopic (exact) mass is 319 g/mol. The third kappa shape index (κ3) is 5.13. The van der Waals surface area contributed by atoms with E-state index in [4.69, 9.17) is 17.3 Å². The molecule has 0 aliphatic heterocycles. The number of thioether (sulfide) groups is 1. The van der Waals surface area contributed by atoms with Gasteiger partial charge in [-0.1, -0.05) is 47.6 Å². The number of aromatic hydroxyl groups is 1. The summed E-state index contributed by atoms with van der Waals surface area (Å²) in [7, 11) is 0.